The number of hydrogen-bond acceptors (Lipinski definition) is 2. The van der Waals surface area contributed by atoms with Gasteiger partial charge in [-0.15, -0.1) is 0 Å². The van der Waals surface area contributed by atoms with Crippen LogP contribution in [0, 0.1) is 35.3 Å². The van der Waals surface area contributed by atoms with Crippen molar-refractivity contribution in [2.24, 2.45) is 23.7 Å². The summed E-state index contributed by atoms with van der Waals surface area (Å²) in [5.41, 5.74) is 0.104. The Bertz CT molecular complexity index is 924. The van der Waals surface area contributed by atoms with Crippen LogP contribution in [0.2, 0.25) is 0 Å². The van der Waals surface area contributed by atoms with Crippen LogP contribution in [0.1, 0.15) is 70.8 Å². The highest BCUT2D eigenvalue weighted by Gasteiger charge is 2.35. The monoisotopic (exact) mass is 508 g/mol. The number of ether oxygens (including phenoxy) is 2. The topological polar surface area (TPSA) is 18.5 Å². The summed E-state index contributed by atoms with van der Waals surface area (Å²) in [4.78, 5) is 0. The molecule has 0 bridgehead atoms. The Labute approximate surface area is 213 Å². The Morgan fingerprint density at radius 3 is 2.42 bits per heavy atom. The van der Waals surface area contributed by atoms with Crippen LogP contribution in [0.4, 0.5) is 17.6 Å². The van der Waals surface area contributed by atoms with E-state index >= 15 is 0 Å². The molecule has 6 heteroatoms. The molecule has 1 aromatic carbocycles. The number of fused-ring (bicyclic) bond motifs is 1. The van der Waals surface area contributed by atoms with Gasteiger partial charge in [0, 0.05) is 0 Å². The number of rotatable bonds is 12. The minimum atomic E-state index is -1.27. The van der Waals surface area contributed by atoms with E-state index in [2.05, 4.69) is 19.1 Å². The zero-order valence-corrected chi connectivity index (χ0v) is 21.6. The number of halogens is 4. The fourth-order valence-electron chi connectivity index (χ4n) is 5.78. The molecule has 4 atom stereocenters. The van der Waals surface area contributed by atoms with Gasteiger partial charge in [-0.1, -0.05) is 30.7 Å². The first-order valence-electron chi connectivity index (χ1n) is 13.4. The van der Waals surface area contributed by atoms with Crippen LogP contribution >= 0.6 is 0 Å². The van der Waals surface area contributed by atoms with E-state index in [0.29, 0.717) is 18.4 Å². The molecule has 0 radical (unpaired) electrons. The molecule has 2 fully saturated rings. The van der Waals surface area contributed by atoms with Gasteiger partial charge in [-0.3, -0.25) is 0 Å². The minimum Gasteiger partial charge on any atom is -0.491 e. The lowest BCUT2D eigenvalue weighted by Gasteiger charge is -2.42. The van der Waals surface area contributed by atoms with Crippen LogP contribution in [0.25, 0.3) is 0 Å². The molecule has 1 aromatic rings. The summed E-state index contributed by atoms with van der Waals surface area (Å²) in [5, 5.41) is 0. The van der Waals surface area contributed by atoms with E-state index in [1.165, 1.54) is 56.4 Å². The Morgan fingerprint density at radius 1 is 1.00 bits per heavy atom. The SMILES string of the molecule is C/C=C/CCC1CCC2CC(COC(/C=C\Cc3ccc(OCC)c(F)c3F)=C(\F)CF)CCC2C1. The molecule has 2 nitrogen and oxygen atoms in total. The third-order valence-corrected chi connectivity index (χ3v) is 7.70. The van der Waals surface area contributed by atoms with E-state index in [0.717, 1.165) is 31.1 Å². The molecule has 0 amide bonds. The highest BCUT2D eigenvalue weighted by molar-refractivity contribution is 5.32. The number of benzene rings is 1. The summed E-state index contributed by atoms with van der Waals surface area (Å²) in [7, 11) is 0. The van der Waals surface area contributed by atoms with Gasteiger partial charge in [-0.05, 0) is 107 Å². The largest absolute Gasteiger partial charge is 0.491 e. The highest BCUT2D eigenvalue weighted by atomic mass is 19.2. The van der Waals surface area contributed by atoms with Crippen LogP contribution in [0.3, 0.4) is 0 Å². The molecule has 200 valence electrons. The first-order valence-corrected chi connectivity index (χ1v) is 13.4. The van der Waals surface area contributed by atoms with Crippen molar-refractivity contribution in [2.75, 3.05) is 19.9 Å². The molecule has 2 aliphatic carbocycles. The average molecular weight is 509 g/mol. The lowest BCUT2D eigenvalue weighted by atomic mass is 9.64. The van der Waals surface area contributed by atoms with Crippen molar-refractivity contribution < 1.29 is 27.0 Å². The van der Waals surface area contributed by atoms with Crippen LogP contribution in [-0.2, 0) is 11.2 Å². The summed E-state index contributed by atoms with van der Waals surface area (Å²) < 4.78 is 66.4. The van der Waals surface area contributed by atoms with E-state index in [-0.39, 0.29) is 30.1 Å². The summed E-state index contributed by atoms with van der Waals surface area (Å²) in [5.74, 6) is -0.750. The van der Waals surface area contributed by atoms with Crippen molar-refractivity contribution in [3.63, 3.8) is 0 Å². The fraction of sp³-hybridized carbons (Fsp3) is 0.600. The Morgan fingerprint density at radius 2 is 1.72 bits per heavy atom. The predicted molar refractivity (Wildman–Crippen MR) is 136 cm³/mol. The second-order valence-corrected chi connectivity index (χ2v) is 10.1. The number of alkyl halides is 1. The van der Waals surface area contributed by atoms with Crippen molar-refractivity contribution in [3.05, 3.63) is 65.2 Å². The van der Waals surface area contributed by atoms with Crippen molar-refractivity contribution in [1.29, 1.82) is 0 Å². The summed E-state index contributed by atoms with van der Waals surface area (Å²) >= 11 is 0. The first kappa shape index (κ1) is 28.3. The second-order valence-electron chi connectivity index (χ2n) is 10.1. The standard InChI is InChI=1S/C30H40F4O2/c1-3-5-6-8-21-11-13-25-18-22(12-14-24(25)17-21)20-36-27(26(32)19-31)10-7-9-23-15-16-28(35-4-2)30(34)29(23)33/h3,5,7,10,15-16,21-22,24-25H,4,6,8-9,11-14,17-20H2,1-2H3/b5-3+,10-7-,27-26-. The van der Waals surface area contributed by atoms with Gasteiger partial charge in [0.2, 0.25) is 5.82 Å². The van der Waals surface area contributed by atoms with E-state index in [1.807, 2.05) is 0 Å². The molecule has 4 unspecified atom stereocenters. The smallest absolute Gasteiger partial charge is 0.200 e. The molecular weight excluding hydrogens is 468 g/mol. The fourth-order valence-corrected chi connectivity index (χ4v) is 5.78. The van der Waals surface area contributed by atoms with Gasteiger partial charge in [0.1, 0.15) is 6.67 Å². The number of hydrogen-bond donors (Lipinski definition) is 0. The predicted octanol–water partition coefficient (Wildman–Crippen LogP) is 8.82. The molecule has 0 heterocycles. The van der Waals surface area contributed by atoms with Gasteiger partial charge in [-0.2, -0.15) is 4.39 Å². The molecule has 36 heavy (non-hydrogen) atoms. The van der Waals surface area contributed by atoms with Crippen molar-refractivity contribution in [3.8, 4) is 5.75 Å². The van der Waals surface area contributed by atoms with E-state index in [1.54, 1.807) is 6.92 Å². The van der Waals surface area contributed by atoms with Crippen molar-refractivity contribution in [2.45, 2.75) is 71.6 Å². The van der Waals surface area contributed by atoms with Crippen molar-refractivity contribution >= 4 is 0 Å². The maximum absolute atomic E-state index is 14.3. The summed E-state index contributed by atoms with van der Waals surface area (Å²) in [6, 6.07) is 2.80. The quantitative estimate of drug-likeness (QED) is 0.122. The van der Waals surface area contributed by atoms with Gasteiger partial charge in [0.05, 0.1) is 13.2 Å². The molecule has 0 aromatic heterocycles. The Balaban J connectivity index is 1.51. The average Bonchev–Trinajstić information content (AvgIpc) is 2.89. The van der Waals surface area contributed by atoms with Gasteiger partial charge >= 0.3 is 0 Å². The van der Waals surface area contributed by atoms with Crippen LogP contribution in [-0.4, -0.2) is 19.9 Å². The van der Waals surface area contributed by atoms with Crippen LogP contribution < -0.4 is 4.74 Å². The summed E-state index contributed by atoms with van der Waals surface area (Å²) in [6.45, 7) is 3.05. The lowest BCUT2D eigenvalue weighted by Crippen LogP contribution is -2.32. The Kier molecular flexibility index (Phi) is 11.4. The van der Waals surface area contributed by atoms with E-state index in [9.17, 15) is 17.6 Å². The molecule has 2 aliphatic rings. The van der Waals surface area contributed by atoms with E-state index < -0.39 is 24.1 Å². The second kappa shape index (κ2) is 14.5. The van der Waals surface area contributed by atoms with Gasteiger partial charge in [0.15, 0.2) is 23.2 Å². The van der Waals surface area contributed by atoms with Gasteiger partial charge in [0.25, 0.3) is 0 Å². The molecule has 0 N–H and O–H groups in total. The lowest BCUT2D eigenvalue weighted by molar-refractivity contribution is 0.0594. The van der Waals surface area contributed by atoms with Gasteiger partial charge < -0.3 is 9.47 Å². The van der Waals surface area contributed by atoms with E-state index in [4.69, 9.17) is 9.47 Å². The molecule has 0 aliphatic heterocycles. The normalized spacial score (nSPS) is 25.2. The van der Waals surface area contributed by atoms with Gasteiger partial charge in [-0.25, -0.2) is 13.2 Å². The number of allylic oxidation sites excluding steroid dienone is 5. The maximum atomic E-state index is 14.3. The molecule has 0 saturated heterocycles. The third kappa shape index (κ3) is 7.88. The van der Waals surface area contributed by atoms with Crippen LogP contribution in [0.5, 0.6) is 5.75 Å². The highest BCUT2D eigenvalue weighted by Crippen LogP contribution is 2.46. The third-order valence-electron chi connectivity index (χ3n) is 7.70. The molecule has 3 rings (SSSR count). The van der Waals surface area contributed by atoms with Crippen molar-refractivity contribution in [1.82, 2.24) is 0 Å². The zero-order valence-electron chi connectivity index (χ0n) is 21.6. The zero-order chi connectivity index (χ0) is 25.9. The summed E-state index contributed by atoms with van der Waals surface area (Å²) in [6.07, 6.45) is 16.7. The maximum Gasteiger partial charge on any atom is 0.200 e. The molecule has 2 saturated carbocycles. The molecule has 0 spiro atoms. The first-order chi connectivity index (χ1) is 17.5. The molecular formula is C30H40F4O2. The van der Waals surface area contributed by atoms with Crippen LogP contribution in [0.15, 0.2) is 48.0 Å². The minimum absolute atomic E-state index is 0.0178. The Hall–Kier alpha value is -2.24.